The minimum absolute atomic E-state index is 0.236. The molecule has 0 unspecified atom stereocenters. The van der Waals surface area contributed by atoms with Gasteiger partial charge in [-0.1, -0.05) is 24.3 Å². The van der Waals surface area contributed by atoms with Crippen molar-refractivity contribution in [2.24, 2.45) is 0 Å². The number of alkyl halides is 6. The second kappa shape index (κ2) is 7.31. The molecule has 0 atom stereocenters. The molecule has 8 heteroatoms. The van der Waals surface area contributed by atoms with Gasteiger partial charge in [-0.2, -0.15) is 26.3 Å². The first kappa shape index (κ1) is 19.7. The number of halogens is 6. The van der Waals surface area contributed by atoms with Crippen molar-refractivity contribution in [1.82, 2.24) is 0 Å². The highest BCUT2D eigenvalue weighted by molar-refractivity contribution is 5.84. The van der Waals surface area contributed by atoms with Crippen molar-refractivity contribution in [3.05, 3.63) is 65.2 Å². The molecule has 0 fully saturated rings. The molecule has 0 radical (unpaired) electrons. The average molecular weight is 376 g/mol. The average Bonchev–Trinajstić information content (AvgIpc) is 2.57. The predicted molar refractivity (Wildman–Crippen MR) is 84.1 cm³/mol. The lowest BCUT2D eigenvalue weighted by atomic mass is 9.92. The summed E-state index contributed by atoms with van der Waals surface area (Å²) in [6.07, 6.45) is -11.2. The molecule has 2 aromatic rings. The summed E-state index contributed by atoms with van der Waals surface area (Å²) in [7, 11) is 2.68. The Balaban J connectivity index is 2.80. The minimum Gasteiger partial charge on any atom is -0.497 e. The molecule has 2 nitrogen and oxygen atoms in total. The van der Waals surface area contributed by atoms with E-state index in [2.05, 4.69) is 0 Å². The van der Waals surface area contributed by atoms with Crippen molar-refractivity contribution in [1.29, 1.82) is 0 Å². The molecule has 0 saturated carbocycles. The van der Waals surface area contributed by atoms with Crippen molar-refractivity contribution in [2.75, 3.05) is 14.2 Å². The van der Waals surface area contributed by atoms with Gasteiger partial charge < -0.3 is 9.47 Å². The molecule has 0 bridgehead atoms. The fraction of sp³-hybridized carbons (Fsp3) is 0.222. The summed E-state index contributed by atoms with van der Waals surface area (Å²) in [5.41, 5.74) is -4.00. The molecule has 0 aliphatic heterocycles. The van der Waals surface area contributed by atoms with Crippen LogP contribution in [0.25, 0.3) is 5.57 Å². The molecule has 26 heavy (non-hydrogen) atoms. The molecule has 2 aromatic carbocycles. The lowest BCUT2D eigenvalue weighted by Crippen LogP contribution is -2.28. The van der Waals surface area contributed by atoms with Gasteiger partial charge in [-0.15, -0.1) is 0 Å². The highest BCUT2D eigenvalue weighted by atomic mass is 19.4. The zero-order valence-electron chi connectivity index (χ0n) is 13.7. The van der Waals surface area contributed by atoms with E-state index < -0.39 is 23.5 Å². The summed E-state index contributed by atoms with van der Waals surface area (Å²) in [5.74, 6) is 0.617. The van der Waals surface area contributed by atoms with E-state index in [4.69, 9.17) is 9.47 Å². The van der Waals surface area contributed by atoms with Crippen LogP contribution in [0.2, 0.25) is 0 Å². The molecule has 140 valence electrons. The number of benzene rings is 2. The van der Waals surface area contributed by atoms with Crippen LogP contribution in [0.5, 0.6) is 11.5 Å². The molecule has 0 heterocycles. The summed E-state index contributed by atoms with van der Waals surface area (Å²) < 4.78 is 89.6. The minimum atomic E-state index is -5.59. The van der Waals surface area contributed by atoms with Gasteiger partial charge in [0.1, 0.15) is 17.1 Å². The first-order chi connectivity index (χ1) is 12.1. The lowest BCUT2D eigenvalue weighted by Gasteiger charge is -2.21. The van der Waals surface area contributed by atoms with Crippen LogP contribution in [0.3, 0.4) is 0 Å². The number of hydrogen-bond donors (Lipinski definition) is 0. The molecule has 0 saturated heterocycles. The summed E-state index contributed by atoms with van der Waals surface area (Å²) in [6.45, 7) is 0. The normalized spacial score (nSPS) is 11.8. The van der Waals surface area contributed by atoms with Gasteiger partial charge in [-0.25, -0.2) is 0 Å². The Morgan fingerprint density at radius 2 is 0.923 bits per heavy atom. The summed E-state index contributed by atoms with van der Waals surface area (Å²) >= 11 is 0. The molecule has 0 amide bonds. The van der Waals surface area contributed by atoms with Crippen LogP contribution in [0.1, 0.15) is 11.1 Å². The highest BCUT2D eigenvalue weighted by Crippen LogP contribution is 2.45. The van der Waals surface area contributed by atoms with Crippen LogP contribution in [-0.4, -0.2) is 26.6 Å². The summed E-state index contributed by atoms with van der Waals surface area (Å²) in [6, 6.07) is 9.77. The zero-order chi connectivity index (χ0) is 19.5. The van der Waals surface area contributed by atoms with Crippen LogP contribution in [0, 0.1) is 0 Å². The van der Waals surface area contributed by atoms with Gasteiger partial charge in [-0.05, 0) is 35.4 Å². The molecule has 2 rings (SSSR count). The highest BCUT2D eigenvalue weighted by Gasteiger charge is 2.53. The van der Waals surface area contributed by atoms with Crippen LogP contribution < -0.4 is 9.47 Å². The van der Waals surface area contributed by atoms with Crippen molar-refractivity contribution >= 4 is 5.57 Å². The van der Waals surface area contributed by atoms with Gasteiger partial charge >= 0.3 is 12.4 Å². The van der Waals surface area contributed by atoms with E-state index in [-0.39, 0.29) is 11.1 Å². The van der Waals surface area contributed by atoms with E-state index in [1.165, 1.54) is 38.5 Å². The van der Waals surface area contributed by atoms with Gasteiger partial charge in [0.05, 0.1) is 14.2 Å². The number of rotatable bonds is 4. The fourth-order valence-electron chi connectivity index (χ4n) is 2.41. The van der Waals surface area contributed by atoms with Crippen LogP contribution in [0.15, 0.2) is 54.1 Å². The maximum atomic E-state index is 13.3. The maximum Gasteiger partial charge on any atom is 0.421 e. The Morgan fingerprint density at radius 1 is 0.615 bits per heavy atom. The Hall–Kier alpha value is -2.64. The maximum absolute atomic E-state index is 13.3. The first-order valence-electron chi connectivity index (χ1n) is 7.25. The standard InChI is InChI=1S/C18H14F6O2/c1-25-13-7-3-11(4-8-13)15(12-5-9-14(26-2)10-6-12)16(17(19,20)21)18(22,23)24/h3-10H,1-2H3. The number of allylic oxidation sites excluding steroid dienone is 1. The SMILES string of the molecule is COc1ccc(C(=C(C(F)(F)F)C(F)(F)F)c2ccc(OC)cc2)cc1. The third kappa shape index (κ3) is 4.30. The van der Waals surface area contributed by atoms with Crippen molar-refractivity contribution in [3.8, 4) is 11.5 Å². The second-order valence-electron chi connectivity index (χ2n) is 5.20. The Labute approximate surface area is 145 Å². The summed E-state index contributed by atoms with van der Waals surface area (Å²) in [4.78, 5) is 0. The number of hydrogen-bond acceptors (Lipinski definition) is 2. The number of methoxy groups -OCH3 is 2. The third-order valence-corrected chi connectivity index (χ3v) is 3.57. The first-order valence-corrected chi connectivity index (χ1v) is 7.25. The van der Waals surface area contributed by atoms with Crippen LogP contribution >= 0.6 is 0 Å². The fourth-order valence-corrected chi connectivity index (χ4v) is 2.41. The molecule has 0 aliphatic carbocycles. The molecule has 0 spiro atoms. The monoisotopic (exact) mass is 376 g/mol. The molecule has 0 N–H and O–H groups in total. The molecule has 0 aromatic heterocycles. The third-order valence-electron chi connectivity index (χ3n) is 3.57. The second-order valence-corrected chi connectivity index (χ2v) is 5.20. The van der Waals surface area contributed by atoms with E-state index in [9.17, 15) is 26.3 Å². The van der Waals surface area contributed by atoms with E-state index in [1.54, 1.807) is 0 Å². The Kier molecular flexibility index (Phi) is 5.53. The van der Waals surface area contributed by atoms with E-state index in [1.807, 2.05) is 0 Å². The lowest BCUT2D eigenvalue weighted by molar-refractivity contribution is -0.170. The van der Waals surface area contributed by atoms with Crippen molar-refractivity contribution < 1.29 is 35.8 Å². The van der Waals surface area contributed by atoms with Gasteiger partial charge in [-0.3, -0.25) is 0 Å². The Morgan fingerprint density at radius 3 is 1.15 bits per heavy atom. The van der Waals surface area contributed by atoms with Crippen LogP contribution in [0.4, 0.5) is 26.3 Å². The topological polar surface area (TPSA) is 18.5 Å². The smallest absolute Gasteiger partial charge is 0.421 e. The van der Waals surface area contributed by atoms with Gasteiger partial charge in [0.25, 0.3) is 0 Å². The number of ether oxygens (including phenoxy) is 2. The van der Waals surface area contributed by atoms with E-state index in [0.717, 1.165) is 24.3 Å². The van der Waals surface area contributed by atoms with Crippen LogP contribution in [-0.2, 0) is 0 Å². The van der Waals surface area contributed by atoms with E-state index in [0.29, 0.717) is 11.5 Å². The van der Waals surface area contributed by atoms with Gasteiger partial charge in [0.15, 0.2) is 0 Å². The van der Waals surface area contributed by atoms with Gasteiger partial charge in [0.2, 0.25) is 0 Å². The zero-order valence-corrected chi connectivity index (χ0v) is 13.7. The quantitative estimate of drug-likeness (QED) is 0.644. The largest absolute Gasteiger partial charge is 0.497 e. The van der Waals surface area contributed by atoms with Gasteiger partial charge in [0, 0.05) is 5.57 Å². The Bertz CT molecular complexity index is 706. The van der Waals surface area contributed by atoms with Crippen molar-refractivity contribution in [2.45, 2.75) is 12.4 Å². The predicted octanol–water partition coefficient (Wildman–Crippen LogP) is 5.63. The van der Waals surface area contributed by atoms with Crippen molar-refractivity contribution in [3.63, 3.8) is 0 Å². The van der Waals surface area contributed by atoms with E-state index >= 15 is 0 Å². The molecule has 0 aliphatic rings. The molecular weight excluding hydrogens is 362 g/mol. The summed E-state index contributed by atoms with van der Waals surface area (Å²) in [5, 5.41) is 0. The molecular formula is C18H14F6O2.